The Kier molecular flexibility index (Phi) is 4.19. The van der Waals surface area contributed by atoms with Crippen LogP contribution in [0.2, 0.25) is 0 Å². The molecular weight excluding hydrogens is 334 g/mol. The normalized spacial score (nSPS) is 11.4. The summed E-state index contributed by atoms with van der Waals surface area (Å²) in [7, 11) is 0. The fourth-order valence-electron chi connectivity index (χ4n) is 1.51. The summed E-state index contributed by atoms with van der Waals surface area (Å²) in [5.41, 5.74) is 5.55. The summed E-state index contributed by atoms with van der Waals surface area (Å²) >= 11 is 3.03. The minimum Gasteiger partial charge on any atom is -0.457 e. The van der Waals surface area contributed by atoms with Crippen LogP contribution >= 0.6 is 15.9 Å². The summed E-state index contributed by atoms with van der Waals surface area (Å²) in [4.78, 5) is 0. The van der Waals surface area contributed by atoms with Crippen molar-refractivity contribution < 1.29 is 18.7 Å². The smallest absolute Gasteiger partial charge is 0.173 e. The monoisotopic (exact) mass is 342 g/mol. The number of rotatable bonds is 3. The molecule has 0 unspecified atom stereocenters. The zero-order valence-electron chi connectivity index (χ0n) is 9.98. The first kappa shape index (κ1) is 14.3. The molecule has 104 valence electrons. The molecule has 7 heteroatoms. The van der Waals surface area contributed by atoms with Crippen LogP contribution in [0.1, 0.15) is 5.56 Å². The quantitative estimate of drug-likeness (QED) is 0.387. The van der Waals surface area contributed by atoms with Crippen LogP contribution in [0.5, 0.6) is 11.5 Å². The van der Waals surface area contributed by atoms with Gasteiger partial charge in [-0.3, -0.25) is 0 Å². The fraction of sp³-hybridized carbons (Fsp3) is 0. The van der Waals surface area contributed by atoms with E-state index in [0.717, 1.165) is 6.07 Å². The average molecular weight is 343 g/mol. The summed E-state index contributed by atoms with van der Waals surface area (Å²) < 4.78 is 32.0. The molecule has 0 amide bonds. The van der Waals surface area contributed by atoms with E-state index in [1.165, 1.54) is 30.3 Å². The van der Waals surface area contributed by atoms with Crippen LogP contribution in [0, 0.1) is 11.6 Å². The Bertz CT molecular complexity index is 677. The lowest BCUT2D eigenvalue weighted by Crippen LogP contribution is -2.14. The third-order valence-electron chi connectivity index (χ3n) is 2.44. The van der Waals surface area contributed by atoms with Gasteiger partial charge in [0.25, 0.3) is 0 Å². The van der Waals surface area contributed by atoms with Gasteiger partial charge in [0, 0.05) is 0 Å². The molecule has 0 atom stereocenters. The summed E-state index contributed by atoms with van der Waals surface area (Å²) in [6.45, 7) is 0. The largest absolute Gasteiger partial charge is 0.457 e. The summed E-state index contributed by atoms with van der Waals surface area (Å²) in [6.07, 6.45) is 0. The second-order valence-electron chi connectivity index (χ2n) is 3.80. The molecule has 2 aromatic rings. The van der Waals surface area contributed by atoms with Crippen LogP contribution in [0.4, 0.5) is 8.78 Å². The van der Waals surface area contributed by atoms with Gasteiger partial charge in [0.1, 0.15) is 23.1 Å². The maximum atomic E-state index is 13.2. The van der Waals surface area contributed by atoms with Gasteiger partial charge in [0.2, 0.25) is 0 Å². The van der Waals surface area contributed by atoms with Crippen molar-refractivity contribution in [2.45, 2.75) is 0 Å². The van der Waals surface area contributed by atoms with Crippen LogP contribution in [0.3, 0.4) is 0 Å². The zero-order valence-corrected chi connectivity index (χ0v) is 11.6. The molecule has 3 N–H and O–H groups in total. The van der Waals surface area contributed by atoms with Gasteiger partial charge >= 0.3 is 0 Å². The van der Waals surface area contributed by atoms with Gasteiger partial charge in [-0.1, -0.05) is 5.16 Å². The van der Waals surface area contributed by atoms with Gasteiger partial charge in [-0.05, 0) is 52.3 Å². The molecule has 0 aliphatic heterocycles. The minimum atomic E-state index is -0.556. The molecule has 0 spiro atoms. The highest BCUT2D eigenvalue weighted by molar-refractivity contribution is 9.10. The van der Waals surface area contributed by atoms with Gasteiger partial charge in [-0.25, -0.2) is 8.78 Å². The Labute approximate surface area is 121 Å². The highest BCUT2D eigenvalue weighted by Crippen LogP contribution is 2.29. The van der Waals surface area contributed by atoms with Crippen molar-refractivity contribution in [1.29, 1.82) is 0 Å². The van der Waals surface area contributed by atoms with Gasteiger partial charge in [0.05, 0.1) is 10.0 Å². The van der Waals surface area contributed by atoms with Crippen LogP contribution < -0.4 is 10.5 Å². The summed E-state index contributed by atoms with van der Waals surface area (Å²) in [5, 5.41) is 11.5. The number of oxime groups is 1. The molecule has 2 aromatic carbocycles. The van der Waals surface area contributed by atoms with Crippen molar-refractivity contribution in [1.82, 2.24) is 0 Å². The molecule has 0 heterocycles. The van der Waals surface area contributed by atoms with E-state index in [0.29, 0.717) is 5.75 Å². The lowest BCUT2D eigenvalue weighted by atomic mass is 10.2. The van der Waals surface area contributed by atoms with Crippen molar-refractivity contribution in [3.8, 4) is 11.5 Å². The molecule has 0 fully saturated rings. The van der Waals surface area contributed by atoms with Crippen molar-refractivity contribution in [3.05, 3.63) is 58.1 Å². The van der Waals surface area contributed by atoms with E-state index in [2.05, 4.69) is 21.1 Å². The highest BCUT2D eigenvalue weighted by Gasteiger charge is 2.11. The first-order valence-corrected chi connectivity index (χ1v) is 6.21. The number of halogens is 3. The Balaban J connectivity index is 2.40. The molecule has 0 aliphatic rings. The van der Waals surface area contributed by atoms with Gasteiger partial charge in [-0.2, -0.15) is 0 Å². The molecular formula is C13H9BrF2N2O2. The van der Waals surface area contributed by atoms with Gasteiger partial charge in [-0.15, -0.1) is 0 Å². The molecule has 0 bridgehead atoms. The molecule has 2 rings (SSSR count). The summed E-state index contributed by atoms with van der Waals surface area (Å²) in [6, 6.07) is 7.60. The number of nitrogens with two attached hydrogens (primary N) is 1. The number of nitrogens with zero attached hydrogens (tertiary/aromatic N) is 1. The second-order valence-corrected chi connectivity index (χ2v) is 4.66. The van der Waals surface area contributed by atoms with E-state index in [9.17, 15) is 8.78 Å². The van der Waals surface area contributed by atoms with Crippen LogP contribution in [-0.2, 0) is 0 Å². The molecule has 20 heavy (non-hydrogen) atoms. The van der Waals surface area contributed by atoms with E-state index in [4.69, 9.17) is 15.7 Å². The van der Waals surface area contributed by atoms with E-state index in [-0.39, 0.29) is 21.6 Å². The number of amidine groups is 1. The maximum absolute atomic E-state index is 13.2. The third kappa shape index (κ3) is 3.05. The first-order valence-electron chi connectivity index (χ1n) is 5.41. The molecule has 0 aliphatic carbocycles. The van der Waals surface area contributed by atoms with Crippen molar-refractivity contribution in [2.24, 2.45) is 10.9 Å². The van der Waals surface area contributed by atoms with Crippen LogP contribution in [-0.4, -0.2) is 11.0 Å². The van der Waals surface area contributed by atoms with Gasteiger partial charge < -0.3 is 15.7 Å². The average Bonchev–Trinajstić information content (AvgIpc) is 2.44. The molecule has 0 saturated heterocycles. The lowest BCUT2D eigenvalue weighted by Gasteiger charge is -2.10. The Hall–Kier alpha value is -2.15. The Morgan fingerprint density at radius 2 is 1.95 bits per heavy atom. The Morgan fingerprint density at radius 3 is 2.60 bits per heavy atom. The van der Waals surface area contributed by atoms with Crippen LogP contribution in [0.15, 0.2) is 46.0 Å². The Morgan fingerprint density at radius 1 is 1.20 bits per heavy atom. The van der Waals surface area contributed by atoms with Gasteiger partial charge in [0.15, 0.2) is 5.84 Å². The summed E-state index contributed by atoms with van der Waals surface area (Å²) in [5.74, 6) is -0.787. The lowest BCUT2D eigenvalue weighted by molar-refractivity contribution is 0.318. The predicted molar refractivity (Wildman–Crippen MR) is 73.1 cm³/mol. The van der Waals surface area contributed by atoms with Crippen molar-refractivity contribution >= 4 is 21.8 Å². The topological polar surface area (TPSA) is 67.8 Å². The zero-order chi connectivity index (χ0) is 14.7. The SMILES string of the molecule is N/C(=N/O)c1cc(F)ccc1Oc1ccc(F)c(Br)c1. The number of benzene rings is 2. The fourth-order valence-corrected chi connectivity index (χ4v) is 1.87. The minimum absolute atomic E-state index is 0.0907. The molecule has 0 radical (unpaired) electrons. The number of ether oxygens (including phenoxy) is 1. The second kappa shape index (κ2) is 5.87. The standard InChI is InChI=1S/C13H9BrF2N2O2/c14-10-6-8(2-3-11(10)16)20-12-4-1-7(15)5-9(12)13(17)18-19/h1-6,19H,(H2,17,18). The predicted octanol–water partition coefficient (Wildman–Crippen LogP) is 3.61. The molecule has 0 saturated carbocycles. The van der Waals surface area contributed by atoms with E-state index in [1.54, 1.807) is 0 Å². The number of hydrogen-bond donors (Lipinski definition) is 2. The van der Waals surface area contributed by atoms with E-state index < -0.39 is 11.6 Å². The molecule has 0 aromatic heterocycles. The van der Waals surface area contributed by atoms with Crippen LogP contribution in [0.25, 0.3) is 0 Å². The van der Waals surface area contributed by atoms with E-state index in [1.807, 2.05) is 0 Å². The maximum Gasteiger partial charge on any atom is 0.173 e. The number of hydrogen-bond acceptors (Lipinski definition) is 3. The highest BCUT2D eigenvalue weighted by atomic mass is 79.9. The van der Waals surface area contributed by atoms with Crippen molar-refractivity contribution in [2.75, 3.05) is 0 Å². The molecule has 4 nitrogen and oxygen atoms in total. The van der Waals surface area contributed by atoms with Crippen molar-refractivity contribution in [3.63, 3.8) is 0 Å². The first-order chi connectivity index (χ1) is 9.51. The van der Waals surface area contributed by atoms with E-state index >= 15 is 0 Å². The third-order valence-corrected chi connectivity index (χ3v) is 3.05.